The average Bonchev–Trinajstić information content (AvgIpc) is 3.27. The van der Waals surface area contributed by atoms with Crippen molar-refractivity contribution in [3.8, 4) is 23.1 Å². The molecule has 0 atom stereocenters. The highest BCUT2D eigenvalue weighted by Crippen LogP contribution is 2.19. The summed E-state index contributed by atoms with van der Waals surface area (Å²) >= 11 is 0. The summed E-state index contributed by atoms with van der Waals surface area (Å²) in [4.78, 5) is 13.9. The summed E-state index contributed by atoms with van der Waals surface area (Å²) in [5.41, 5.74) is 3.66. The van der Waals surface area contributed by atoms with Crippen LogP contribution in [-0.4, -0.2) is 41.2 Å². The number of benzene rings is 2. The molecule has 0 radical (unpaired) electrons. The molecule has 0 saturated carbocycles. The van der Waals surface area contributed by atoms with Crippen LogP contribution in [-0.2, 0) is 17.6 Å². The first-order valence-electron chi connectivity index (χ1n) is 10.7. The number of aromatic amines is 1. The highest BCUT2D eigenvalue weighted by molar-refractivity contribution is 5.77. The van der Waals surface area contributed by atoms with Gasteiger partial charge in [-0.25, -0.2) is 4.39 Å². The monoisotopic (exact) mass is 434 g/mol. The Bertz CT molecular complexity index is 1040. The third-order valence-electron chi connectivity index (χ3n) is 5.21. The molecule has 0 aliphatic carbocycles. The van der Waals surface area contributed by atoms with Crippen molar-refractivity contribution in [3.05, 3.63) is 71.7 Å². The van der Waals surface area contributed by atoms with Gasteiger partial charge in [0.15, 0.2) is 6.61 Å². The van der Waals surface area contributed by atoms with E-state index in [0.717, 1.165) is 48.2 Å². The summed E-state index contributed by atoms with van der Waals surface area (Å²) in [6, 6.07) is 17.6. The van der Waals surface area contributed by atoms with Crippen LogP contribution in [0.15, 0.2) is 54.6 Å². The molecule has 1 heterocycles. The molecule has 1 aromatic heterocycles. The normalized spacial score (nSPS) is 10.5. The number of amides is 1. The van der Waals surface area contributed by atoms with Crippen LogP contribution in [0.2, 0.25) is 0 Å². The number of nitrogens with one attached hydrogen (secondary N) is 1. The van der Waals surface area contributed by atoms with Crippen molar-refractivity contribution in [1.82, 2.24) is 15.1 Å². The van der Waals surface area contributed by atoms with Crippen molar-refractivity contribution in [3.63, 3.8) is 0 Å². The zero-order valence-corrected chi connectivity index (χ0v) is 18.2. The van der Waals surface area contributed by atoms with Gasteiger partial charge in [0, 0.05) is 24.8 Å². The number of H-pyrrole nitrogens is 1. The van der Waals surface area contributed by atoms with Crippen LogP contribution in [0.1, 0.15) is 30.5 Å². The van der Waals surface area contributed by atoms with Crippen LogP contribution in [0.3, 0.4) is 0 Å². The number of carbonyl (C=O) groups excluding carboxylic acids is 1. The summed E-state index contributed by atoms with van der Waals surface area (Å²) in [6.07, 6.45) is 4.11. The summed E-state index contributed by atoms with van der Waals surface area (Å²) in [6.45, 7) is 0.668. The van der Waals surface area contributed by atoms with Crippen molar-refractivity contribution in [2.75, 3.05) is 20.2 Å². The summed E-state index contributed by atoms with van der Waals surface area (Å²) in [5, 5.41) is 16.0. The maximum Gasteiger partial charge on any atom is 0.260 e. The molecule has 0 saturated heterocycles. The molecular formula is C25H27FN4O2. The molecule has 166 valence electrons. The Kier molecular flexibility index (Phi) is 8.38. The second kappa shape index (κ2) is 11.7. The van der Waals surface area contributed by atoms with Crippen LogP contribution < -0.4 is 4.74 Å². The van der Waals surface area contributed by atoms with Gasteiger partial charge < -0.3 is 9.64 Å². The Morgan fingerprint density at radius 3 is 2.59 bits per heavy atom. The van der Waals surface area contributed by atoms with Gasteiger partial charge in [0.2, 0.25) is 0 Å². The van der Waals surface area contributed by atoms with Gasteiger partial charge in [-0.2, -0.15) is 10.4 Å². The molecule has 0 aliphatic heterocycles. The molecule has 0 unspecified atom stereocenters. The SMILES string of the molecule is CN(CCCCCc1cc(-c2ccc(F)cc2)n[nH]1)C(=O)COc1ccc(CC#N)cc1. The van der Waals surface area contributed by atoms with E-state index < -0.39 is 0 Å². The van der Waals surface area contributed by atoms with Crippen LogP contribution in [0.4, 0.5) is 4.39 Å². The highest BCUT2D eigenvalue weighted by Gasteiger charge is 2.10. The van der Waals surface area contributed by atoms with Crippen molar-refractivity contribution < 1.29 is 13.9 Å². The molecule has 2 aromatic carbocycles. The van der Waals surface area contributed by atoms with Crippen molar-refractivity contribution >= 4 is 5.91 Å². The number of likely N-dealkylation sites (N-methyl/N-ethyl adjacent to an activating group) is 1. The maximum absolute atomic E-state index is 13.0. The zero-order valence-electron chi connectivity index (χ0n) is 18.2. The predicted octanol–water partition coefficient (Wildman–Crippen LogP) is 4.53. The fourth-order valence-electron chi connectivity index (χ4n) is 3.27. The van der Waals surface area contributed by atoms with Gasteiger partial charge in [0.1, 0.15) is 11.6 Å². The quantitative estimate of drug-likeness (QED) is 0.450. The maximum atomic E-state index is 13.0. The number of halogens is 1. The van der Waals surface area contributed by atoms with Crippen LogP contribution >= 0.6 is 0 Å². The van der Waals surface area contributed by atoms with Gasteiger partial charge in [0.25, 0.3) is 5.91 Å². The number of carbonyl (C=O) groups is 1. The molecule has 32 heavy (non-hydrogen) atoms. The minimum atomic E-state index is -0.259. The highest BCUT2D eigenvalue weighted by atomic mass is 19.1. The summed E-state index contributed by atoms with van der Waals surface area (Å²) in [7, 11) is 1.78. The van der Waals surface area contributed by atoms with Crippen molar-refractivity contribution in [2.45, 2.75) is 32.1 Å². The lowest BCUT2D eigenvalue weighted by Gasteiger charge is -2.17. The minimum absolute atomic E-state index is 0.00555. The number of hydrogen-bond donors (Lipinski definition) is 1. The largest absolute Gasteiger partial charge is 0.484 e. The van der Waals surface area contributed by atoms with Crippen LogP contribution in [0, 0.1) is 17.1 Å². The van der Waals surface area contributed by atoms with Gasteiger partial charge >= 0.3 is 0 Å². The predicted molar refractivity (Wildman–Crippen MR) is 120 cm³/mol. The Labute approximate surface area is 187 Å². The average molecular weight is 435 g/mol. The Balaban J connectivity index is 1.31. The van der Waals surface area contributed by atoms with Gasteiger partial charge in [0.05, 0.1) is 18.2 Å². The number of hydrogen-bond acceptors (Lipinski definition) is 4. The van der Waals surface area contributed by atoms with E-state index in [1.807, 2.05) is 18.2 Å². The topological polar surface area (TPSA) is 82.0 Å². The molecule has 3 rings (SSSR count). The number of aromatic nitrogens is 2. The minimum Gasteiger partial charge on any atom is -0.484 e. The van der Waals surface area contributed by atoms with Crippen molar-refractivity contribution in [2.24, 2.45) is 0 Å². The number of unbranched alkanes of at least 4 members (excludes halogenated alkanes) is 2. The fraction of sp³-hybridized carbons (Fsp3) is 0.320. The van der Waals surface area contributed by atoms with E-state index in [0.29, 0.717) is 18.7 Å². The van der Waals surface area contributed by atoms with Gasteiger partial charge in [-0.3, -0.25) is 9.89 Å². The van der Waals surface area contributed by atoms with Crippen LogP contribution in [0.25, 0.3) is 11.3 Å². The lowest BCUT2D eigenvalue weighted by atomic mass is 10.1. The molecule has 0 fully saturated rings. The van der Waals surface area contributed by atoms with E-state index in [2.05, 4.69) is 16.3 Å². The first-order valence-corrected chi connectivity index (χ1v) is 10.7. The molecule has 7 heteroatoms. The molecule has 0 spiro atoms. The molecule has 0 bridgehead atoms. The Hall–Kier alpha value is -3.66. The number of nitrogens with zero attached hydrogens (tertiary/aromatic N) is 3. The molecule has 3 aromatic rings. The van der Waals surface area contributed by atoms with E-state index in [4.69, 9.17) is 10.00 Å². The Morgan fingerprint density at radius 1 is 1.12 bits per heavy atom. The molecular weight excluding hydrogens is 407 g/mol. The van der Waals surface area contributed by atoms with Crippen LogP contribution in [0.5, 0.6) is 5.75 Å². The summed E-state index contributed by atoms with van der Waals surface area (Å²) in [5.74, 6) is 0.293. The first-order chi connectivity index (χ1) is 15.5. The molecule has 1 N–H and O–H groups in total. The number of ether oxygens (including phenoxy) is 1. The van der Waals surface area contributed by atoms with E-state index in [9.17, 15) is 9.18 Å². The van der Waals surface area contributed by atoms with E-state index in [-0.39, 0.29) is 18.3 Å². The number of nitriles is 1. The number of aryl methyl sites for hydroxylation is 1. The third-order valence-corrected chi connectivity index (χ3v) is 5.21. The second-order valence-corrected chi connectivity index (χ2v) is 7.68. The third kappa shape index (κ3) is 6.95. The molecule has 1 amide bonds. The van der Waals surface area contributed by atoms with Crippen molar-refractivity contribution in [1.29, 1.82) is 5.26 Å². The molecule has 0 aliphatic rings. The zero-order chi connectivity index (χ0) is 22.8. The first kappa shape index (κ1) is 23.0. The van der Waals surface area contributed by atoms with Gasteiger partial charge in [-0.15, -0.1) is 0 Å². The Morgan fingerprint density at radius 2 is 1.88 bits per heavy atom. The smallest absolute Gasteiger partial charge is 0.260 e. The van der Waals surface area contributed by atoms with Gasteiger partial charge in [-0.05, 0) is 67.3 Å². The standard InChI is InChI=1S/C25H27FN4O2/c1-30(25(31)18-32-23-12-6-19(7-13-23)14-15-27)16-4-2-3-5-22-17-24(29-28-22)20-8-10-21(26)11-9-20/h6-13,17H,2-5,14,16,18H2,1H3,(H,28,29). The lowest BCUT2D eigenvalue weighted by molar-refractivity contribution is -0.132. The van der Waals surface area contributed by atoms with E-state index in [1.165, 1.54) is 12.1 Å². The lowest BCUT2D eigenvalue weighted by Crippen LogP contribution is -2.32. The van der Waals surface area contributed by atoms with Gasteiger partial charge in [-0.1, -0.05) is 18.6 Å². The van der Waals surface area contributed by atoms with E-state index >= 15 is 0 Å². The second-order valence-electron chi connectivity index (χ2n) is 7.68. The number of rotatable bonds is 11. The fourth-order valence-corrected chi connectivity index (χ4v) is 3.27. The summed E-state index contributed by atoms with van der Waals surface area (Å²) < 4.78 is 18.6. The molecule has 6 nitrogen and oxygen atoms in total. The van der Waals surface area contributed by atoms with E-state index in [1.54, 1.807) is 36.2 Å².